The molecule has 3 heteroatoms. The molecule has 0 heterocycles. The van der Waals surface area contributed by atoms with Crippen molar-refractivity contribution in [3.05, 3.63) is 23.3 Å². The van der Waals surface area contributed by atoms with Gasteiger partial charge >= 0.3 is 0 Å². The lowest BCUT2D eigenvalue weighted by Crippen LogP contribution is -2.03. The van der Waals surface area contributed by atoms with Crippen LogP contribution in [0.4, 0.5) is 0 Å². The van der Waals surface area contributed by atoms with E-state index in [0.29, 0.717) is 12.5 Å². The summed E-state index contributed by atoms with van der Waals surface area (Å²) in [6, 6.07) is 4.06. The predicted octanol–water partition coefficient (Wildman–Crippen LogP) is 2.04. The van der Waals surface area contributed by atoms with Crippen molar-refractivity contribution in [1.29, 1.82) is 0 Å². The summed E-state index contributed by atoms with van der Waals surface area (Å²) in [5.74, 6) is 2.25. The molecule has 0 atom stereocenters. The first-order chi connectivity index (χ1) is 7.30. The molecule has 1 aliphatic rings. The van der Waals surface area contributed by atoms with Crippen LogP contribution in [0.2, 0.25) is 0 Å². The van der Waals surface area contributed by atoms with Gasteiger partial charge < -0.3 is 15.2 Å². The number of ether oxygens (including phenoxy) is 2. The van der Waals surface area contributed by atoms with E-state index in [0.717, 1.165) is 11.5 Å². The number of hydrogen-bond acceptors (Lipinski definition) is 3. The standard InChI is InChI=1S/C12H17NO2/c1-14-11-5-9(7-13)10(8-3-4-8)6-12(11)15-2/h5-6,8H,3-4,7,13H2,1-2H3. The third-order valence-electron chi connectivity index (χ3n) is 2.88. The Bertz CT molecular complexity index is 359. The molecule has 82 valence electrons. The van der Waals surface area contributed by atoms with Crippen molar-refractivity contribution in [2.24, 2.45) is 5.73 Å². The average molecular weight is 207 g/mol. The number of rotatable bonds is 4. The highest BCUT2D eigenvalue weighted by atomic mass is 16.5. The minimum absolute atomic E-state index is 0.562. The molecule has 0 aromatic heterocycles. The first kappa shape index (κ1) is 10.3. The van der Waals surface area contributed by atoms with Gasteiger partial charge in [0, 0.05) is 6.54 Å². The Labute approximate surface area is 90.2 Å². The number of nitrogens with two attached hydrogens (primary N) is 1. The van der Waals surface area contributed by atoms with Gasteiger partial charge in [-0.1, -0.05) is 0 Å². The zero-order chi connectivity index (χ0) is 10.8. The summed E-state index contributed by atoms with van der Waals surface area (Å²) < 4.78 is 10.5. The van der Waals surface area contributed by atoms with Crippen LogP contribution >= 0.6 is 0 Å². The summed E-state index contributed by atoms with van der Waals surface area (Å²) in [5, 5.41) is 0. The maximum atomic E-state index is 5.73. The highest BCUT2D eigenvalue weighted by Crippen LogP contribution is 2.44. The van der Waals surface area contributed by atoms with Crippen molar-refractivity contribution < 1.29 is 9.47 Å². The maximum absolute atomic E-state index is 5.73. The third-order valence-corrected chi connectivity index (χ3v) is 2.88. The molecular weight excluding hydrogens is 190 g/mol. The molecule has 0 bridgehead atoms. The van der Waals surface area contributed by atoms with Gasteiger partial charge in [-0.2, -0.15) is 0 Å². The molecule has 0 amide bonds. The van der Waals surface area contributed by atoms with Gasteiger partial charge in [0.1, 0.15) is 0 Å². The Hall–Kier alpha value is -1.22. The largest absolute Gasteiger partial charge is 0.493 e. The first-order valence-corrected chi connectivity index (χ1v) is 5.25. The summed E-state index contributed by atoms with van der Waals surface area (Å²) in [4.78, 5) is 0. The average Bonchev–Trinajstić information content (AvgIpc) is 3.11. The molecule has 1 fully saturated rings. The normalized spacial score (nSPS) is 15.1. The Morgan fingerprint density at radius 1 is 1.20 bits per heavy atom. The molecular formula is C12H17NO2. The number of benzene rings is 1. The van der Waals surface area contributed by atoms with Gasteiger partial charge in [0.2, 0.25) is 0 Å². The summed E-state index contributed by atoms with van der Waals surface area (Å²) in [7, 11) is 3.31. The fraction of sp³-hybridized carbons (Fsp3) is 0.500. The van der Waals surface area contributed by atoms with E-state index in [9.17, 15) is 0 Å². The fourth-order valence-electron chi connectivity index (χ4n) is 1.89. The van der Waals surface area contributed by atoms with Crippen molar-refractivity contribution in [2.75, 3.05) is 14.2 Å². The van der Waals surface area contributed by atoms with Crippen LogP contribution in [0.1, 0.15) is 29.9 Å². The van der Waals surface area contributed by atoms with Crippen molar-refractivity contribution in [1.82, 2.24) is 0 Å². The number of methoxy groups -OCH3 is 2. The molecule has 15 heavy (non-hydrogen) atoms. The van der Waals surface area contributed by atoms with Crippen LogP contribution in [0.15, 0.2) is 12.1 Å². The van der Waals surface area contributed by atoms with E-state index in [1.165, 1.54) is 24.0 Å². The maximum Gasteiger partial charge on any atom is 0.161 e. The van der Waals surface area contributed by atoms with E-state index in [1.54, 1.807) is 14.2 Å². The molecule has 1 aliphatic carbocycles. The molecule has 0 spiro atoms. The summed E-state index contributed by atoms with van der Waals surface area (Å²) in [5.41, 5.74) is 8.24. The van der Waals surface area contributed by atoms with Gasteiger partial charge in [0.05, 0.1) is 14.2 Å². The van der Waals surface area contributed by atoms with Crippen LogP contribution in [0.25, 0.3) is 0 Å². The summed E-state index contributed by atoms with van der Waals surface area (Å²) in [6.07, 6.45) is 2.53. The van der Waals surface area contributed by atoms with E-state index in [1.807, 2.05) is 6.07 Å². The molecule has 0 aliphatic heterocycles. The molecule has 1 saturated carbocycles. The van der Waals surface area contributed by atoms with Crippen LogP contribution in [0.3, 0.4) is 0 Å². The summed E-state index contributed by atoms with van der Waals surface area (Å²) in [6.45, 7) is 0.562. The van der Waals surface area contributed by atoms with Crippen molar-refractivity contribution in [2.45, 2.75) is 25.3 Å². The van der Waals surface area contributed by atoms with Crippen LogP contribution in [0.5, 0.6) is 11.5 Å². The van der Waals surface area contributed by atoms with E-state index < -0.39 is 0 Å². The van der Waals surface area contributed by atoms with Crippen molar-refractivity contribution in [3.63, 3.8) is 0 Å². The Morgan fingerprint density at radius 2 is 1.80 bits per heavy atom. The third kappa shape index (κ3) is 1.92. The molecule has 0 saturated heterocycles. The zero-order valence-corrected chi connectivity index (χ0v) is 9.25. The highest BCUT2D eigenvalue weighted by Gasteiger charge is 2.27. The lowest BCUT2D eigenvalue weighted by molar-refractivity contribution is 0.354. The molecule has 2 N–H and O–H groups in total. The van der Waals surface area contributed by atoms with Crippen molar-refractivity contribution in [3.8, 4) is 11.5 Å². The predicted molar refractivity (Wildman–Crippen MR) is 59.4 cm³/mol. The first-order valence-electron chi connectivity index (χ1n) is 5.25. The second-order valence-electron chi connectivity index (χ2n) is 3.88. The van der Waals surface area contributed by atoms with E-state index >= 15 is 0 Å². The smallest absolute Gasteiger partial charge is 0.161 e. The Morgan fingerprint density at radius 3 is 2.27 bits per heavy atom. The second-order valence-corrected chi connectivity index (χ2v) is 3.88. The fourth-order valence-corrected chi connectivity index (χ4v) is 1.89. The lowest BCUT2D eigenvalue weighted by atomic mass is 10.0. The van der Waals surface area contributed by atoms with Gasteiger partial charge in [-0.25, -0.2) is 0 Å². The molecule has 0 unspecified atom stereocenters. The highest BCUT2D eigenvalue weighted by molar-refractivity contribution is 5.49. The molecule has 1 aromatic carbocycles. The van der Waals surface area contributed by atoms with Crippen LogP contribution in [0, 0.1) is 0 Å². The number of hydrogen-bond donors (Lipinski definition) is 1. The Kier molecular flexibility index (Phi) is 2.82. The van der Waals surface area contributed by atoms with Crippen LogP contribution in [-0.4, -0.2) is 14.2 Å². The Balaban J connectivity index is 2.44. The SMILES string of the molecule is COc1cc(CN)c(C2CC2)cc1OC. The summed E-state index contributed by atoms with van der Waals surface area (Å²) >= 11 is 0. The minimum Gasteiger partial charge on any atom is -0.493 e. The van der Waals surface area contributed by atoms with E-state index in [4.69, 9.17) is 15.2 Å². The van der Waals surface area contributed by atoms with Crippen LogP contribution < -0.4 is 15.2 Å². The van der Waals surface area contributed by atoms with Gasteiger partial charge in [0.15, 0.2) is 11.5 Å². The lowest BCUT2D eigenvalue weighted by Gasteiger charge is -2.13. The van der Waals surface area contributed by atoms with Gasteiger partial charge in [-0.05, 0) is 42.0 Å². The van der Waals surface area contributed by atoms with Gasteiger partial charge in [0.25, 0.3) is 0 Å². The molecule has 3 nitrogen and oxygen atoms in total. The quantitative estimate of drug-likeness (QED) is 0.821. The van der Waals surface area contributed by atoms with Gasteiger partial charge in [-0.15, -0.1) is 0 Å². The molecule has 2 rings (SSSR count). The monoisotopic (exact) mass is 207 g/mol. The van der Waals surface area contributed by atoms with E-state index in [2.05, 4.69) is 6.07 Å². The van der Waals surface area contributed by atoms with E-state index in [-0.39, 0.29) is 0 Å². The topological polar surface area (TPSA) is 44.5 Å². The van der Waals surface area contributed by atoms with Crippen molar-refractivity contribution >= 4 is 0 Å². The zero-order valence-electron chi connectivity index (χ0n) is 9.25. The second kappa shape index (κ2) is 4.11. The minimum atomic E-state index is 0.562. The van der Waals surface area contributed by atoms with Crippen LogP contribution in [-0.2, 0) is 6.54 Å². The van der Waals surface area contributed by atoms with Gasteiger partial charge in [-0.3, -0.25) is 0 Å². The molecule has 1 aromatic rings. The molecule has 0 radical (unpaired) electrons.